The van der Waals surface area contributed by atoms with Crippen molar-refractivity contribution >= 4 is 29.4 Å². The molecule has 4 rings (SSSR count). The molecule has 0 aromatic heterocycles. The smallest absolute Gasteiger partial charge is 0.335 e. The van der Waals surface area contributed by atoms with Gasteiger partial charge in [-0.05, 0) is 86.1 Å². The topological polar surface area (TPSA) is 69.6 Å². The molecular formula is C27H34N2O3S. The summed E-state index contributed by atoms with van der Waals surface area (Å²) in [6.07, 6.45) is 13.2. The van der Waals surface area contributed by atoms with Gasteiger partial charge in [-0.3, -0.25) is 0 Å². The lowest BCUT2D eigenvalue weighted by Crippen LogP contribution is -2.46. The third-order valence-corrected chi connectivity index (χ3v) is 8.23. The molecule has 1 spiro atoms. The van der Waals surface area contributed by atoms with E-state index in [-0.39, 0.29) is 17.6 Å². The maximum atomic E-state index is 13.5. The summed E-state index contributed by atoms with van der Waals surface area (Å²) in [5.41, 5.74) is 2.51. The summed E-state index contributed by atoms with van der Waals surface area (Å²) in [5, 5.41) is 12.3. The Hall–Kier alpha value is -2.47. The number of aromatic carboxylic acids is 1. The van der Waals surface area contributed by atoms with Gasteiger partial charge in [-0.1, -0.05) is 37.5 Å². The number of urea groups is 1. The SMILES string of the molecule is CSc1cccc(NC(=O)N(Cc2ccc(C(=O)O)cc2)C2CCC3(CCCCC3)CC2)c1. The van der Waals surface area contributed by atoms with E-state index in [1.807, 2.05) is 47.6 Å². The Balaban J connectivity index is 1.50. The summed E-state index contributed by atoms with van der Waals surface area (Å²) in [6, 6.07) is 14.9. The van der Waals surface area contributed by atoms with Gasteiger partial charge in [0.25, 0.3) is 0 Å². The van der Waals surface area contributed by atoms with Crippen molar-refractivity contribution in [2.45, 2.75) is 75.3 Å². The number of nitrogens with zero attached hydrogens (tertiary/aromatic N) is 1. The van der Waals surface area contributed by atoms with Crippen LogP contribution in [0.25, 0.3) is 0 Å². The van der Waals surface area contributed by atoms with Crippen molar-refractivity contribution in [2.24, 2.45) is 5.41 Å². The van der Waals surface area contributed by atoms with Crippen molar-refractivity contribution in [2.75, 3.05) is 11.6 Å². The molecule has 0 unspecified atom stereocenters. The predicted octanol–water partition coefficient (Wildman–Crippen LogP) is 7.03. The number of carbonyl (C=O) groups is 2. The molecule has 2 aliphatic rings. The fraction of sp³-hybridized carbons (Fsp3) is 0.481. The highest BCUT2D eigenvalue weighted by Crippen LogP contribution is 2.48. The number of carboxylic acid groups (broad SMARTS) is 1. The van der Waals surface area contributed by atoms with Crippen LogP contribution < -0.4 is 5.32 Å². The maximum absolute atomic E-state index is 13.5. The molecule has 0 atom stereocenters. The molecule has 2 saturated carbocycles. The summed E-state index contributed by atoms with van der Waals surface area (Å²) < 4.78 is 0. The first-order valence-corrected chi connectivity index (χ1v) is 13.2. The van der Waals surface area contributed by atoms with Crippen LogP contribution in [0, 0.1) is 5.41 Å². The fourth-order valence-corrected chi connectivity index (χ4v) is 6.00. The monoisotopic (exact) mass is 466 g/mol. The second kappa shape index (κ2) is 10.6. The molecule has 0 radical (unpaired) electrons. The lowest BCUT2D eigenvalue weighted by molar-refractivity contribution is 0.0696. The third kappa shape index (κ3) is 5.91. The Labute approximate surface area is 201 Å². The van der Waals surface area contributed by atoms with Crippen molar-refractivity contribution in [1.82, 2.24) is 4.90 Å². The first-order valence-electron chi connectivity index (χ1n) is 12.0. The van der Waals surface area contributed by atoms with E-state index >= 15 is 0 Å². The standard InChI is InChI=1S/C27H34N2O3S/c1-33-24-7-5-6-22(18-24)28-26(32)29(19-20-8-10-21(11-9-20)25(30)31)23-12-16-27(17-13-23)14-3-2-4-15-27/h5-11,18,23H,2-4,12-17,19H2,1H3,(H,28,32)(H,30,31). The number of carboxylic acids is 1. The summed E-state index contributed by atoms with van der Waals surface area (Å²) in [6.45, 7) is 0.478. The summed E-state index contributed by atoms with van der Waals surface area (Å²) in [5.74, 6) is -0.935. The van der Waals surface area contributed by atoms with Crippen LogP contribution in [0.4, 0.5) is 10.5 Å². The minimum atomic E-state index is -0.935. The molecule has 2 aliphatic carbocycles. The summed E-state index contributed by atoms with van der Waals surface area (Å²) in [4.78, 5) is 27.8. The highest BCUT2D eigenvalue weighted by Gasteiger charge is 2.38. The average molecular weight is 467 g/mol. The maximum Gasteiger partial charge on any atom is 0.335 e. The van der Waals surface area contributed by atoms with Crippen molar-refractivity contribution in [3.8, 4) is 0 Å². The first kappa shape index (κ1) is 23.7. The zero-order valence-electron chi connectivity index (χ0n) is 19.4. The van der Waals surface area contributed by atoms with Crippen LogP contribution in [0.15, 0.2) is 53.4 Å². The second-order valence-electron chi connectivity index (χ2n) is 9.58. The van der Waals surface area contributed by atoms with Gasteiger partial charge in [0.1, 0.15) is 0 Å². The zero-order valence-corrected chi connectivity index (χ0v) is 20.2. The van der Waals surface area contributed by atoms with Gasteiger partial charge in [-0.25, -0.2) is 9.59 Å². The molecule has 0 aliphatic heterocycles. The van der Waals surface area contributed by atoms with E-state index in [1.165, 1.54) is 44.9 Å². The molecule has 0 saturated heterocycles. The van der Waals surface area contributed by atoms with Gasteiger partial charge in [0.2, 0.25) is 0 Å². The first-order chi connectivity index (χ1) is 16.0. The predicted molar refractivity (Wildman–Crippen MR) is 134 cm³/mol. The van der Waals surface area contributed by atoms with Gasteiger partial charge < -0.3 is 15.3 Å². The van der Waals surface area contributed by atoms with Crippen LogP contribution in [-0.4, -0.2) is 34.3 Å². The van der Waals surface area contributed by atoms with Crippen LogP contribution in [0.1, 0.15) is 73.7 Å². The minimum absolute atomic E-state index is 0.0832. The Morgan fingerprint density at radius 1 is 1.03 bits per heavy atom. The van der Waals surface area contributed by atoms with Crippen molar-refractivity contribution in [3.63, 3.8) is 0 Å². The molecule has 2 N–H and O–H groups in total. The van der Waals surface area contributed by atoms with E-state index in [9.17, 15) is 14.7 Å². The zero-order chi connectivity index (χ0) is 23.3. The van der Waals surface area contributed by atoms with Gasteiger partial charge in [0.05, 0.1) is 5.56 Å². The minimum Gasteiger partial charge on any atom is -0.478 e. The van der Waals surface area contributed by atoms with Gasteiger partial charge in [0.15, 0.2) is 0 Å². The van der Waals surface area contributed by atoms with Crippen LogP contribution in [0.5, 0.6) is 0 Å². The normalized spacial score (nSPS) is 18.1. The van der Waals surface area contributed by atoms with Crippen LogP contribution in [0.2, 0.25) is 0 Å². The van der Waals surface area contributed by atoms with E-state index < -0.39 is 5.97 Å². The highest BCUT2D eigenvalue weighted by molar-refractivity contribution is 7.98. The second-order valence-corrected chi connectivity index (χ2v) is 10.5. The third-order valence-electron chi connectivity index (χ3n) is 7.51. The molecular weight excluding hydrogens is 432 g/mol. The molecule has 2 amide bonds. The quantitative estimate of drug-likeness (QED) is 0.448. The van der Waals surface area contributed by atoms with E-state index in [0.717, 1.165) is 29.0 Å². The number of benzene rings is 2. The van der Waals surface area contributed by atoms with E-state index in [1.54, 1.807) is 23.9 Å². The molecule has 6 heteroatoms. The number of anilines is 1. The van der Waals surface area contributed by atoms with Crippen LogP contribution in [-0.2, 0) is 6.54 Å². The molecule has 0 bridgehead atoms. The number of amides is 2. The average Bonchev–Trinajstić information content (AvgIpc) is 2.84. The summed E-state index contributed by atoms with van der Waals surface area (Å²) in [7, 11) is 0. The number of hydrogen-bond acceptors (Lipinski definition) is 3. The number of thioether (sulfide) groups is 1. The molecule has 2 aromatic carbocycles. The van der Waals surface area contributed by atoms with Gasteiger partial charge in [-0.2, -0.15) is 0 Å². The van der Waals surface area contributed by atoms with E-state index in [4.69, 9.17) is 0 Å². The van der Waals surface area contributed by atoms with Crippen molar-refractivity contribution < 1.29 is 14.7 Å². The molecule has 33 heavy (non-hydrogen) atoms. The van der Waals surface area contributed by atoms with Crippen LogP contribution in [0.3, 0.4) is 0 Å². The molecule has 2 aromatic rings. The van der Waals surface area contributed by atoms with E-state index in [2.05, 4.69) is 5.32 Å². The largest absolute Gasteiger partial charge is 0.478 e. The van der Waals surface area contributed by atoms with Crippen molar-refractivity contribution in [3.05, 3.63) is 59.7 Å². The molecule has 2 fully saturated rings. The van der Waals surface area contributed by atoms with Gasteiger partial charge >= 0.3 is 12.0 Å². The number of nitrogens with one attached hydrogen (secondary N) is 1. The Kier molecular flexibility index (Phi) is 7.63. The molecule has 0 heterocycles. The van der Waals surface area contributed by atoms with Crippen molar-refractivity contribution in [1.29, 1.82) is 0 Å². The van der Waals surface area contributed by atoms with Crippen LogP contribution >= 0.6 is 11.8 Å². The van der Waals surface area contributed by atoms with Gasteiger partial charge in [0, 0.05) is 23.2 Å². The van der Waals surface area contributed by atoms with E-state index in [0.29, 0.717) is 12.0 Å². The Morgan fingerprint density at radius 2 is 1.73 bits per heavy atom. The fourth-order valence-electron chi connectivity index (χ4n) is 5.54. The molecule has 176 valence electrons. The van der Waals surface area contributed by atoms with Gasteiger partial charge in [-0.15, -0.1) is 11.8 Å². The Bertz CT molecular complexity index is 960. The Morgan fingerprint density at radius 3 is 2.36 bits per heavy atom. The molecule has 5 nitrogen and oxygen atoms in total. The highest BCUT2D eigenvalue weighted by atomic mass is 32.2. The number of rotatable bonds is 6. The number of carbonyl (C=O) groups excluding carboxylic acids is 1. The number of hydrogen-bond donors (Lipinski definition) is 2. The lowest BCUT2D eigenvalue weighted by Gasteiger charge is -2.45. The summed E-state index contributed by atoms with van der Waals surface area (Å²) >= 11 is 1.65. The lowest BCUT2D eigenvalue weighted by atomic mass is 9.64.